The van der Waals surface area contributed by atoms with Crippen molar-refractivity contribution in [1.29, 1.82) is 0 Å². The summed E-state index contributed by atoms with van der Waals surface area (Å²) in [5.41, 5.74) is 2.17. The maximum Gasteiger partial charge on any atom is 0.412 e. The predicted molar refractivity (Wildman–Crippen MR) is 147 cm³/mol. The Morgan fingerprint density at radius 2 is 1.81 bits per heavy atom. The molecule has 3 aromatic carbocycles. The average Bonchev–Trinajstić information content (AvgIpc) is 3.30. The number of carbonyl (C=O) groups is 4. The van der Waals surface area contributed by atoms with Gasteiger partial charge in [-0.1, -0.05) is 12.1 Å². The van der Waals surface area contributed by atoms with E-state index in [0.29, 0.717) is 39.6 Å². The molecule has 0 bridgehead atoms. The number of nitrogens with zero attached hydrogens (tertiary/aromatic N) is 1. The molecule has 0 saturated carbocycles. The van der Waals surface area contributed by atoms with E-state index in [9.17, 15) is 23.6 Å². The fourth-order valence-electron chi connectivity index (χ4n) is 4.95. The number of carbonyl (C=O) groups excluding carboxylic acids is 4. The van der Waals surface area contributed by atoms with E-state index in [-0.39, 0.29) is 49.0 Å². The van der Waals surface area contributed by atoms with Gasteiger partial charge in [0.25, 0.3) is 5.91 Å². The molecule has 0 aliphatic carbocycles. The molecule has 2 aliphatic heterocycles. The minimum atomic E-state index is -0.782. The molecule has 3 aromatic rings. The number of aryl methyl sites for hydroxylation is 1. The summed E-state index contributed by atoms with van der Waals surface area (Å²) in [7, 11) is 2.84. The van der Waals surface area contributed by atoms with Crippen LogP contribution in [-0.2, 0) is 27.5 Å². The minimum Gasteiger partial charge on any atom is -0.495 e. The van der Waals surface area contributed by atoms with Gasteiger partial charge in [0.05, 0.1) is 25.5 Å². The number of amides is 4. The lowest BCUT2D eigenvalue weighted by Gasteiger charge is -2.29. The van der Waals surface area contributed by atoms with Crippen molar-refractivity contribution in [1.82, 2.24) is 10.2 Å². The van der Waals surface area contributed by atoms with Gasteiger partial charge in [-0.05, 0) is 54.8 Å². The van der Waals surface area contributed by atoms with Crippen molar-refractivity contribution in [2.45, 2.75) is 39.0 Å². The molecule has 1 unspecified atom stereocenters. The van der Waals surface area contributed by atoms with Crippen molar-refractivity contribution in [3.05, 3.63) is 76.6 Å². The monoisotopic (exact) mass is 577 g/mol. The van der Waals surface area contributed by atoms with E-state index in [0.717, 1.165) is 0 Å². The summed E-state index contributed by atoms with van der Waals surface area (Å²) < 4.78 is 35.7. The van der Waals surface area contributed by atoms with Crippen LogP contribution in [0, 0.1) is 12.7 Å². The summed E-state index contributed by atoms with van der Waals surface area (Å²) in [6, 6.07) is 11.8. The zero-order valence-corrected chi connectivity index (χ0v) is 23.1. The molecule has 12 heteroatoms. The van der Waals surface area contributed by atoms with E-state index in [1.54, 1.807) is 43.3 Å². The third-order valence-electron chi connectivity index (χ3n) is 7.06. The summed E-state index contributed by atoms with van der Waals surface area (Å²) in [4.78, 5) is 51.3. The topological polar surface area (TPSA) is 132 Å². The normalized spacial score (nSPS) is 16.0. The van der Waals surface area contributed by atoms with Crippen LogP contribution in [0.2, 0.25) is 0 Å². The van der Waals surface area contributed by atoms with Gasteiger partial charge in [-0.15, -0.1) is 0 Å². The molecule has 1 fully saturated rings. The number of imide groups is 1. The van der Waals surface area contributed by atoms with Crippen LogP contribution in [0.4, 0.5) is 14.9 Å². The molecular weight excluding hydrogens is 549 g/mol. The molecule has 218 valence electrons. The lowest BCUT2D eigenvalue weighted by molar-refractivity contribution is -0.136. The van der Waals surface area contributed by atoms with Crippen molar-refractivity contribution in [2.75, 3.05) is 19.5 Å². The third-order valence-corrected chi connectivity index (χ3v) is 7.06. The number of halogens is 1. The highest BCUT2D eigenvalue weighted by molar-refractivity contribution is 6.06. The van der Waals surface area contributed by atoms with Crippen LogP contribution in [0.1, 0.15) is 39.9 Å². The molecule has 2 aliphatic rings. The van der Waals surface area contributed by atoms with Gasteiger partial charge in [0, 0.05) is 24.6 Å². The van der Waals surface area contributed by atoms with Crippen LogP contribution in [0.15, 0.2) is 48.5 Å². The van der Waals surface area contributed by atoms with Gasteiger partial charge in [0.15, 0.2) is 0 Å². The number of benzene rings is 3. The number of hydrogen-bond donors (Lipinski definition) is 2. The average molecular weight is 578 g/mol. The van der Waals surface area contributed by atoms with E-state index in [2.05, 4.69) is 10.6 Å². The van der Waals surface area contributed by atoms with Crippen molar-refractivity contribution in [3.8, 4) is 23.0 Å². The number of fused-ring (bicyclic) bond motifs is 1. The zero-order chi connectivity index (χ0) is 30.0. The maximum absolute atomic E-state index is 13.6. The molecule has 42 heavy (non-hydrogen) atoms. The third kappa shape index (κ3) is 5.69. The molecule has 2 heterocycles. The molecule has 0 radical (unpaired) electrons. The van der Waals surface area contributed by atoms with Gasteiger partial charge in [-0.25, -0.2) is 9.18 Å². The molecule has 5 rings (SSSR count). The summed E-state index contributed by atoms with van der Waals surface area (Å²) in [5, 5.41) is 4.89. The first-order valence-electron chi connectivity index (χ1n) is 13.1. The standard InChI is InChI=1S/C30H28FN3O8/c1-16-12-19(6-8-21(16)31)42-20-7-9-22(24(13-20)39-2)32-30(38)41-15-18-5-4-17-14-34(29(37)26(17)27(18)40-3)23-10-11-25(35)33-28(23)36/h4-9,12-13,23H,10-11,14-15H2,1-3H3,(H,32,38)(H,33,35,36). The molecule has 0 aromatic heterocycles. The van der Waals surface area contributed by atoms with Gasteiger partial charge >= 0.3 is 6.09 Å². The molecule has 1 saturated heterocycles. The highest BCUT2D eigenvalue weighted by Gasteiger charge is 2.41. The minimum absolute atomic E-state index is 0.149. The summed E-state index contributed by atoms with van der Waals surface area (Å²) in [6.45, 7) is 1.62. The van der Waals surface area contributed by atoms with E-state index < -0.39 is 23.9 Å². The Morgan fingerprint density at radius 3 is 2.52 bits per heavy atom. The largest absolute Gasteiger partial charge is 0.495 e. The number of hydrogen-bond acceptors (Lipinski definition) is 8. The first kappa shape index (κ1) is 28.4. The Labute approximate surface area is 240 Å². The van der Waals surface area contributed by atoms with Crippen LogP contribution < -0.4 is 24.8 Å². The molecule has 2 N–H and O–H groups in total. The Balaban J connectivity index is 1.25. The molecule has 11 nitrogen and oxygen atoms in total. The Morgan fingerprint density at radius 1 is 1.05 bits per heavy atom. The Kier molecular flexibility index (Phi) is 7.96. The van der Waals surface area contributed by atoms with Crippen molar-refractivity contribution in [3.63, 3.8) is 0 Å². The smallest absolute Gasteiger partial charge is 0.412 e. The lowest BCUT2D eigenvalue weighted by Crippen LogP contribution is -2.52. The summed E-state index contributed by atoms with van der Waals surface area (Å²) >= 11 is 0. The number of rotatable bonds is 8. The maximum atomic E-state index is 13.6. The first-order valence-corrected chi connectivity index (χ1v) is 13.1. The highest BCUT2D eigenvalue weighted by atomic mass is 19.1. The molecule has 0 spiro atoms. The summed E-state index contributed by atoms with van der Waals surface area (Å²) in [5.74, 6) is -0.201. The molecule has 1 atom stereocenters. The van der Waals surface area contributed by atoms with Gasteiger partial charge < -0.3 is 23.8 Å². The molecule has 4 amide bonds. The Hall–Kier alpha value is -5.13. The number of piperidine rings is 1. The quantitative estimate of drug-likeness (QED) is 0.375. The van der Waals surface area contributed by atoms with Crippen LogP contribution in [0.25, 0.3) is 0 Å². The second kappa shape index (κ2) is 11.8. The first-order chi connectivity index (χ1) is 20.2. The lowest BCUT2D eigenvalue weighted by atomic mass is 10.0. The van der Waals surface area contributed by atoms with Crippen LogP contribution in [-0.4, -0.2) is 49.0 Å². The van der Waals surface area contributed by atoms with Crippen LogP contribution in [0.5, 0.6) is 23.0 Å². The number of methoxy groups -OCH3 is 2. The Bertz CT molecular complexity index is 1590. The number of ether oxygens (including phenoxy) is 4. The van der Waals surface area contributed by atoms with E-state index >= 15 is 0 Å². The van der Waals surface area contributed by atoms with Crippen LogP contribution >= 0.6 is 0 Å². The SMILES string of the molecule is COc1cc(Oc2ccc(F)c(C)c2)ccc1NC(=O)OCc1ccc2c(c1OC)C(=O)N(C1CCC(=O)NC1=O)C2. The van der Waals surface area contributed by atoms with Gasteiger partial charge in [0.2, 0.25) is 11.8 Å². The van der Waals surface area contributed by atoms with Gasteiger partial charge in [-0.2, -0.15) is 0 Å². The second-order valence-corrected chi connectivity index (χ2v) is 9.77. The van der Waals surface area contributed by atoms with Crippen molar-refractivity contribution in [2.24, 2.45) is 0 Å². The van der Waals surface area contributed by atoms with Gasteiger partial charge in [0.1, 0.15) is 41.5 Å². The number of nitrogens with one attached hydrogen (secondary N) is 2. The molecular formula is C30H28FN3O8. The van der Waals surface area contributed by atoms with E-state index in [4.69, 9.17) is 18.9 Å². The highest BCUT2D eigenvalue weighted by Crippen LogP contribution is 2.37. The van der Waals surface area contributed by atoms with Crippen LogP contribution in [0.3, 0.4) is 0 Å². The van der Waals surface area contributed by atoms with Crippen molar-refractivity contribution >= 4 is 29.5 Å². The zero-order valence-electron chi connectivity index (χ0n) is 23.1. The predicted octanol–water partition coefficient (Wildman–Crippen LogP) is 4.45. The second-order valence-electron chi connectivity index (χ2n) is 9.77. The van der Waals surface area contributed by atoms with Gasteiger partial charge in [-0.3, -0.25) is 25.0 Å². The fraction of sp³-hybridized carbons (Fsp3) is 0.267. The van der Waals surface area contributed by atoms with Crippen molar-refractivity contribution < 1.29 is 42.5 Å². The van der Waals surface area contributed by atoms with E-state index in [1.165, 1.54) is 31.3 Å². The summed E-state index contributed by atoms with van der Waals surface area (Å²) in [6.07, 6.45) is -0.392. The number of anilines is 1. The van der Waals surface area contributed by atoms with E-state index in [1.807, 2.05) is 0 Å². The fourth-order valence-corrected chi connectivity index (χ4v) is 4.95.